The van der Waals surface area contributed by atoms with Crippen molar-refractivity contribution >= 4 is 11.8 Å². The van der Waals surface area contributed by atoms with Gasteiger partial charge in [0.15, 0.2) is 0 Å². The summed E-state index contributed by atoms with van der Waals surface area (Å²) in [6.45, 7) is 6.52. The summed E-state index contributed by atoms with van der Waals surface area (Å²) >= 11 is 0. The first kappa shape index (κ1) is 12.1. The summed E-state index contributed by atoms with van der Waals surface area (Å²) in [5, 5.41) is 3.50. The lowest BCUT2D eigenvalue weighted by Gasteiger charge is -2.35. The zero-order valence-corrected chi connectivity index (χ0v) is 10.8. The van der Waals surface area contributed by atoms with Gasteiger partial charge in [0.05, 0.1) is 0 Å². The van der Waals surface area contributed by atoms with Crippen molar-refractivity contribution in [3.8, 4) is 0 Å². The highest BCUT2D eigenvalue weighted by atomic mass is 15.1. The van der Waals surface area contributed by atoms with E-state index in [1.54, 1.807) is 6.20 Å². The van der Waals surface area contributed by atoms with Crippen molar-refractivity contribution in [2.75, 3.05) is 31.2 Å². The molecule has 0 radical (unpaired) electrons. The Hall–Kier alpha value is -1.36. The minimum absolute atomic E-state index is 0.332. The van der Waals surface area contributed by atoms with Crippen LogP contribution in [-0.4, -0.2) is 41.0 Å². The fraction of sp³-hybridized carbons (Fsp3) is 0.667. The Morgan fingerprint density at radius 3 is 3.00 bits per heavy atom. The Kier molecular flexibility index (Phi) is 3.47. The fourth-order valence-electron chi connectivity index (χ4n) is 2.35. The first-order valence-electron chi connectivity index (χ1n) is 6.10. The number of aryl methyl sites for hydroxylation is 1. The van der Waals surface area contributed by atoms with Gasteiger partial charge in [0.25, 0.3) is 0 Å². The van der Waals surface area contributed by atoms with Crippen LogP contribution < -0.4 is 11.1 Å². The van der Waals surface area contributed by atoms with Crippen LogP contribution in [0.5, 0.6) is 0 Å². The molecule has 1 aromatic rings. The number of likely N-dealkylation sites (tertiary alicyclic amines) is 1. The number of anilines is 2. The molecule has 0 spiro atoms. The predicted molar refractivity (Wildman–Crippen MR) is 69.9 cm³/mol. The summed E-state index contributed by atoms with van der Waals surface area (Å²) in [6.07, 6.45) is 2.91. The lowest BCUT2D eigenvalue weighted by atomic mass is 9.94. The summed E-state index contributed by atoms with van der Waals surface area (Å²) in [7, 11) is 2.17. The molecular formula is C12H21N5. The maximum atomic E-state index is 5.62. The number of nitrogens with two attached hydrogens (primary N) is 1. The third-order valence-electron chi connectivity index (χ3n) is 3.42. The molecule has 1 aliphatic rings. The van der Waals surface area contributed by atoms with Gasteiger partial charge in [-0.25, -0.2) is 4.98 Å². The summed E-state index contributed by atoms with van der Waals surface area (Å²) in [5.74, 6) is 1.82. The molecule has 1 aromatic heterocycles. The molecular weight excluding hydrogens is 214 g/mol. The Labute approximate surface area is 102 Å². The molecule has 2 rings (SSSR count). The molecule has 0 bridgehead atoms. The van der Waals surface area contributed by atoms with Crippen LogP contribution >= 0.6 is 0 Å². The third kappa shape index (κ3) is 2.85. The van der Waals surface area contributed by atoms with Crippen molar-refractivity contribution in [3.63, 3.8) is 0 Å². The van der Waals surface area contributed by atoms with Gasteiger partial charge in [-0.05, 0) is 32.9 Å². The molecule has 0 saturated carbocycles. The van der Waals surface area contributed by atoms with E-state index in [-0.39, 0.29) is 0 Å². The molecule has 5 nitrogen and oxygen atoms in total. The second-order valence-corrected chi connectivity index (χ2v) is 5.04. The van der Waals surface area contributed by atoms with Crippen LogP contribution in [0.1, 0.15) is 18.9 Å². The summed E-state index contributed by atoms with van der Waals surface area (Å²) in [5.41, 5.74) is 6.67. The van der Waals surface area contributed by atoms with Crippen LogP contribution in [0.25, 0.3) is 0 Å². The Balaban J connectivity index is 2.07. The van der Waals surface area contributed by atoms with Crippen molar-refractivity contribution in [1.82, 2.24) is 14.9 Å². The summed E-state index contributed by atoms with van der Waals surface area (Å²) in [4.78, 5) is 10.6. The van der Waals surface area contributed by atoms with Gasteiger partial charge in [0.1, 0.15) is 5.82 Å². The standard InChI is InChI=1S/C12H21N5/c1-8-6-14-12(13)16-11(8)15-10-4-5-17(3)7-9(10)2/h6,9-10H,4-5,7H2,1-3H3,(H3,13,14,15,16). The van der Waals surface area contributed by atoms with Gasteiger partial charge < -0.3 is 16.0 Å². The number of hydrogen-bond donors (Lipinski definition) is 2. The van der Waals surface area contributed by atoms with Crippen molar-refractivity contribution < 1.29 is 0 Å². The van der Waals surface area contributed by atoms with E-state index in [0.29, 0.717) is 17.9 Å². The van der Waals surface area contributed by atoms with Gasteiger partial charge in [0, 0.05) is 24.3 Å². The molecule has 1 saturated heterocycles. The number of piperidine rings is 1. The second-order valence-electron chi connectivity index (χ2n) is 5.04. The van der Waals surface area contributed by atoms with Gasteiger partial charge in [-0.3, -0.25) is 0 Å². The van der Waals surface area contributed by atoms with Crippen molar-refractivity contribution in [1.29, 1.82) is 0 Å². The van der Waals surface area contributed by atoms with Crippen LogP contribution in [0.3, 0.4) is 0 Å². The Morgan fingerprint density at radius 2 is 2.29 bits per heavy atom. The second kappa shape index (κ2) is 4.87. The van der Waals surface area contributed by atoms with E-state index in [2.05, 4.69) is 34.2 Å². The number of hydrogen-bond acceptors (Lipinski definition) is 5. The van der Waals surface area contributed by atoms with Crippen LogP contribution in [0, 0.1) is 12.8 Å². The van der Waals surface area contributed by atoms with E-state index in [1.165, 1.54) is 0 Å². The molecule has 17 heavy (non-hydrogen) atoms. The molecule has 0 aromatic carbocycles. The molecule has 1 aliphatic heterocycles. The zero-order chi connectivity index (χ0) is 12.4. The largest absolute Gasteiger partial charge is 0.368 e. The minimum Gasteiger partial charge on any atom is -0.368 e. The topological polar surface area (TPSA) is 67.1 Å². The van der Waals surface area contributed by atoms with Gasteiger partial charge >= 0.3 is 0 Å². The number of rotatable bonds is 2. The highest BCUT2D eigenvalue weighted by Crippen LogP contribution is 2.21. The van der Waals surface area contributed by atoms with E-state index < -0.39 is 0 Å². The van der Waals surface area contributed by atoms with Crippen molar-refractivity contribution in [2.45, 2.75) is 26.3 Å². The van der Waals surface area contributed by atoms with E-state index in [4.69, 9.17) is 5.73 Å². The first-order valence-corrected chi connectivity index (χ1v) is 6.10. The molecule has 94 valence electrons. The van der Waals surface area contributed by atoms with E-state index in [0.717, 1.165) is 30.9 Å². The molecule has 0 amide bonds. The molecule has 2 heterocycles. The van der Waals surface area contributed by atoms with Gasteiger partial charge in [-0.1, -0.05) is 6.92 Å². The maximum absolute atomic E-state index is 5.62. The molecule has 3 N–H and O–H groups in total. The van der Waals surface area contributed by atoms with Gasteiger partial charge in [-0.15, -0.1) is 0 Å². The minimum atomic E-state index is 0.332. The average Bonchev–Trinajstić information content (AvgIpc) is 2.27. The van der Waals surface area contributed by atoms with Gasteiger partial charge in [-0.2, -0.15) is 4.98 Å². The maximum Gasteiger partial charge on any atom is 0.221 e. The van der Waals surface area contributed by atoms with Crippen LogP contribution in [0.4, 0.5) is 11.8 Å². The Bertz CT molecular complexity index is 392. The first-order chi connectivity index (χ1) is 8.06. The van der Waals surface area contributed by atoms with Gasteiger partial charge in [0.2, 0.25) is 5.95 Å². The molecule has 2 atom stereocenters. The number of nitrogens with one attached hydrogen (secondary N) is 1. The third-order valence-corrected chi connectivity index (χ3v) is 3.42. The normalized spacial score (nSPS) is 25.8. The summed E-state index contributed by atoms with van der Waals surface area (Å²) < 4.78 is 0. The van der Waals surface area contributed by atoms with E-state index >= 15 is 0 Å². The molecule has 5 heteroatoms. The highest BCUT2D eigenvalue weighted by molar-refractivity contribution is 5.46. The van der Waals surface area contributed by atoms with E-state index in [1.807, 2.05) is 6.92 Å². The molecule has 1 fully saturated rings. The monoisotopic (exact) mass is 235 g/mol. The number of nitrogen functional groups attached to an aromatic ring is 1. The average molecular weight is 235 g/mol. The molecule has 0 aliphatic carbocycles. The van der Waals surface area contributed by atoms with Crippen LogP contribution in [0.2, 0.25) is 0 Å². The number of aromatic nitrogens is 2. The lowest BCUT2D eigenvalue weighted by molar-refractivity contribution is 0.206. The Morgan fingerprint density at radius 1 is 1.53 bits per heavy atom. The lowest BCUT2D eigenvalue weighted by Crippen LogP contribution is -2.43. The summed E-state index contributed by atoms with van der Waals surface area (Å²) in [6, 6.07) is 0.471. The number of nitrogens with zero attached hydrogens (tertiary/aromatic N) is 3. The SMILES string of the molecule is Cc1cnc(N)nc1NC1CCN(C)CC1C. The highest BCUT2D eigenvalue weighted by Gasteiger charge is 2.24. The van der Waals surface area contributed by atoms with Crippen LogP contribution in [-0.2, 0) is 0 Å². The van der Waals surface area contributed by atoms with Crippen molar-refractivity contribution in [3.05, 3.63) is 11.8 Å². The van der Waals surface area contributed by atoms with Crippen LogP contribution in [0.15, 0.2) is 6.20 Å². The predicted octanol–water partition coefficient (Wildman–Crippen LogP) is 1.12. The zero-order valence-electron chi connectivity index (χ0n) is 10.8. The quantitative estimate of drug-likeness (QED) is 0.804. The molecule has 2 unspecified atom stereocenters. The smallest absolute Gasteiger partial charge is 0.221 e. The van der Waals surface area contributed by atoms with Crippen molar-refractivity contribution in [2.24, 2.45) is 5.92 Å². The fourth-order valence-corrected chi connectivity index (χ4v) is 2.35. The van der Waals surface area contributed by atoms with E-state index in [9.17, 15) is 0 Å².